The molecule has 6 nitrogen and oxygen atoms in total. The van der Waals surface area contributed by atoms with Crippen LogP contribution >= 0.6 is 0 Å². The summed E-state index contributed by atoms with van der Waals surface area (Å²) in [6.07, 6.45) is 2.52. The van der Waals surface area contributed by atoms with E-state index >= 15 is 0 Å². The molecule has 1 heterocycles. The lowest BCUT2D eigenvalue weighted by Crippen LogP contribution is -2.47. The SMILES string of the molecule is O=C(NC1CCC1)c1cccc(CN2CCN(C(=O)O)CC2)c1. The van der Waals surface area contributed by atoms with Crippen molar-refractivity contribution in [3.8, 4) is 0 Å². The average molecular weight is 317 g/mol. The van der Waals surface area contributed by atoms with Crippen molar-refractivity contribution in [1.29, 1.82) is 0 Å². The second-order valence-electron chi connectivity index (χ2n) is 6.35. The van der Waals surface area contributed by atoms with Gasteiger partial charge in [-0.15, -0.1) is 0 Å². The lowest BCUT2D eigenvalue weighted by molar-refractivity contribution is 0.0915. The van der Waals surface area contributed by atoms with Gasteiger partial charge in [0, 0.05) is 44.3 Å². The first kappa shape index (κ1) is 15.8. The van der Waals surface area contributed by atoms with Crippen LogP contribution in [0.25, 0.3) is 0 Å². The predicted octanol–water partition coefficient (Wildman–Crippen LogP) is 1.76. The number of rotatable bonds is 4. The molecule has 124 valence electrons. The molecule has 1 aliphatic carbocycles. The van der Waals surface area contributed by atoms with Crippen LogP contribution in [0.4, 0.5) is 4.79 Å². The second-order valence-corrected chi connectivity index (χ2v) is 6.35. The number of nitrogens with zero attached hydrogens (tertiary/aromatic N) is 2. The van der Waals surface area contributed by atoms with Gasteiger partial charge in [0.25, 0.3) is 5.91 Å². The van der Waals surface area contributed by atoms with Crippen LogP contribution in [0.15, 0.2) is 24.3 Å². The van der Waals surface area contributed by atoms with Crippen molar-refractivity contribution in [2.45, 2.75) is 31.8 Å². The molecule has 23 heavy (non-hydrogen) atoms. The van der Waals surface area contributed by atoms with Crippen molar-refractivity contribution < 1.29 is 14.7 Å². The molecule has 0 spiro atoms. The minimum Gasteiger partial charge on any atom is -0.465 e. The lowest BCUT2D eigenvalue weighted by atomic mass is 9.93. The van der Waals surface area contributed by atoms with Gasteiger partial charge in [-0.3, -0.25) is 9.69 Å². The lowest BCUT2D eigenvalue weighted by Gasteiger charge is -2.33. The van der Waals surface area contributed by atoms with E-state index in [1.54, 1.807) is 0 Å². The third-order valence-corrected chi connectivity index (χ3v) is 4.68. The Morgan fingerprint density at radius 2 is 1.91 bits per heavy atom. The van der Waals surface area contributed by atoms with Gasteiger partial charge in [-0.25, -0.2) is 4.79 Å². The number of benzene rings is 1. The summed E-state index contributed by atoms with van der Waals surface area (Å²) in [4.78, 5) is 26.8. The van der Waals surface area contributed by atoms with Crippen LogP contribution in [0, 0.1) is 0 Å². The van der Waals surface area contributed by atoms with E-state index in [1.807, 2.05) is 24.3 Å². The van der Waals surface area contributed by atoms with Crippen molar-refractivity contribution >= 4 is 12.0 Å². The van der Waals surface area contributed by atoms with Crippen LogP contribution in [-0.2, 0) is 6.54 Å². The van der Waals surface area contributed by atoms with Crippen LogP contribution in [0.2, 0.25) is 0 Å². The number of amides is 2. The first-order valence-corrected chi connectivity index (χ1v) is 8.22. The Hall–Kier alpha value is -2.08. The maximum atomic E-state index is 12.2. The van der Waals surface area contributed by atoms with Crippen LogP contribution in [0.1, 0.15) is 35.2 Å². The van der Waals surface area contributed by atoms with E-state index in [2.05, 4.69) is 10.2 Å². The van der Waals surface area contributed by atoms with Gasteiger partial charge in [0.05, 0.1) is 0 Å². The Morgan fingerprint density at radius 1 is 1.17 bits per heavy atom. The minimum absolute atomic E-state index is 0.00671. The first-order chi connectivity index (χ1) is 11.1. The smallest absolute Gasteiger partial charge is 0.407 e. The summed E-state index contributed by atoms with van der Waals surface area (Å²) in [7, 11) is 0. The van der Waals surface area contributed by atoms with E-state index in [0.717, 1.165) is 38.0 Å². The molecule has 6 heteroatoms. The highest BCUT2D eigenvalue weighted by Gasteiger charge is 2.22. The number of hydrogen-bond acceptors (Lipinski definition) is 3. The van der Waals surface area contributed by atoms with Crippen molar-refractivity contribution in [3.63, 3.8) is 0 Å². The summed E-state index contributed by atoms with van der Waals surface area (Å²) in [5.41, 5.74) is 1.80. The van der Waals surface area contributed by atoms with E-state index in [-0.39, 0.29) is 5.91 Å². The Labute approximate surface area is 136 Å². The Balaban J connectivity index is 1.55. The molecule has 0 bridgehead atoms. The molecule has 2 aliphatic rings. The molecule has 1 aromatic carbocycles. The minimum atomic E-state index is -0.848. The maximum absolute atomic E-state index is 12.2. The van der Waals surface area contributed by atoms with E-state index in [1.165, 1.54) is 11.3 Å². The molecule has 0 radical (unpaired) electrons. The zero-order valence-corrected chi connectivity index (χ0v) is 13.2. The van der Waals surface area contributed by atoms with Gasteiger partial charge in [0.15, 0.2) is 0 Å². The van der Waals surface area contributed by atoms with Crippen LogP contribution < -0.4 is 5.32 Å². The summed E-state index contributed by atoms with van der Waals surface area (Å²) in [5, 5.41) is 12.0. The molecule has 2 amide bonds. The molecule has 0 aromatic heterocycles. The zero-order valence-electron chi connectivity index (χ0n) is 13.2. The van der Waals surface area contributed by atoms with Gasteiger partial charge >= 0.3 is 6.09 Å². The third kappa shape index (κ3) is 4.01. The normalized spacial score (nSPS) is 19.2. The van der Waals surface area contributed by atoms with Gasteiger partial charge in [-0.1, -0.05) is 12.1 Å². The van der Waals surface area contributed by atoms with Gasteiger partial charge in [-0.05, 0) is 37.0 Å². The van der Waals surface area contributed by atoms with Gasteiger partial charge in [-0.2, -0.15) is 0 Å². The molecule has 0 atom stereocenters. The van der Waals surface area contributed by atoms with E-state index in [9.17, 15) is 9.59 Å². The molecular weight excluding hydrogens is 294 g/mol. The molecule has 3 rings (SSSR count). The fourth-order valence-corrected chi connectivity index (χ4v) is 2.99. The number of carbonyl (C=O) groups excluding carboxylic acids is 1. The first-order valence-electron chi connectivity index (χ1n) is 8.22. The van der Waals surface area contributed by atoms with Gasteiger partial charge in [0.2, 0.25) is 0 Å². The Morgan fingerprint density at radius 3 is 2.52 bits per heavy atom. The Bertz CT molecular complexity index is 578. The Kier molecular flexibility index (Phi) is 4.81. The summed E-state index contributed by atoms with van der Waals surface area (Å²) < 4.78 is 0. The topological polar surface area (TPSA) is 72.9 Å². The summed E-state index contributed by atoms with van der Waals surface area (Å²) in [5.74, 6) is 0.00671. The fraction of sp³-hybridized carbons (Fsp3) is 0.529. The highest BCUT2D eigenvalue weighted by molar-refractivity contribution is 5.94. The van der Waals surface area contributed by atoms with Gasteiger partial charge in [0.1, 0.15) is 0 Å². The molecule has 1 aliphatic heterocycles. The van der Waals surface area contributed by atoms with Crippen molar-refractivity contribution in [2.24, 2.45) is 0 Å². The highest BCUT2D eigenvalue weighted by Crippen LogP contribution is 2.19. The molecule has 2 fully saturated rings. The zero-order chi connectivity index (χ0) is 16.2. The maximum Gasteiger partial charge on any atom is 0.407 e. The molecule has 0 unspecified atom stereocenters. The molecule has 1 saturated heterocycles. The monoisotopic (exact) mass is 317 g/mol. The average Bonchev–Trinajstić information content (AvgIpc) is 2.51. The molecule has 1 saturated carbocycles. The second kappa shape index (κ2) is 7.00. The van der Waals surface area contributed by atoms with Crippen molar-refractivity contribution in [3.05, 3.63) is 35.4 Å². The van der Waals surface area contributed by atoms with Crippen molar-refractivity contribution in [1.82, 2.24) is 15.1 Å². The summed E-state index contributed by atoms with van der Waals surface area (Å²) >= 11 is 0. The quantitative estimate of drug-likeness (QED) is 0.887. The third-order valence-electron chi connectivity index (χ3n) is 4.68. The standard InChI is InChI=1S/C17H23N3O3/c21-16(18-15-5-2-6-15)14-4-1-3-13(11-14)12-19-7-9-20(10-8-19)17(22)23/h1,3-4,11,15H,2,5-10,12H2,(H,18,21)(H,22,23). The number of hydrogen-bond donors (Lipinski definition) is 2. The van der Waals surface area contributed by atoms with E-state index in [0.29, 0.717) is 24.7 Å². The van der Waals surface area contributed by atoms with Crippen LogP contribution in [-0.4, -0.2) is 59.1 Å². The largest absolute Gasteiger partial charge is 0.465 e. The molecule has 1 aromatic rings. The number of piperazine rings is 1. The van der Waals surface area contributed by atoms with Crippen LogP contribution in [0.3, 0.4) is 0 Å². The number of carbonyl (C=O) groups is 2. The fourth-order valence-electron chi connectivity index (χ4n) is 2.99. The van der Waals surface area contributed by atoms with Crippen molar-refractivity contribution in [2.75, 3.05) is 26.2 Å². The highest BCUT2D eigenvalue weighted by atomic mass is 16.4. The molecule has 2 N–H and O–H groups in total. The van der Waals surface area contributed by atoms with Crippen LogP contribution in [0.5, 0.6) is 0 Å². The summed E-state index contributed by atoms with van der Waals surface area (Å²) in [6, 6.07) is 8.06. The predicted molar refractivity (Wildman–Crippen MR) is 86.4 cm³/mol. The summed E-state index contributed by atoms with van der Waals surface area (Å²) in [6.45, 7) is 3.28. The number of nitrogens with one attached hydrogen (secondary N) is 1. The van der Waals surface area contributed by atoms with E-state index in [4.69, 9.17) is 5.11 Å². The molecular formula is C17H23N3O3. The van der Waals surface area contributed by atoms with E-state index < -0.39 is 6.09 Å². The number of carboxylic acid groups (broad SMARTS) is 1. The van der Waals surface area contributed by atoms with Gasteiger partial charge < -0.3 is 15.3 Å².